The lowest BCUT2D eigenvalue weighted by atomic mass is 10.1. The first-order valence-electron chi connectivity index (χ1n) is 3.58. The van der Waals surface area contributed by atoms with Crippen molar-refractivity contribution in [3.8, 4) is 6.07 Å². The number of nitro groups is 1. The third kappa shape index (κ3) is 2.00. The number of nitrogens with zero attached hydrogens (tertiary/aromatic N) is 2. The van der Waals surface area contributed by atoms with Gasteiger partial charge in [0.1, 0.15) is 0 Å². The minimum absolute atomic E-state index is 0.136. The van der Waals surface area contributed by atoms with Gasteiger partial charge in [0.05, 0.1) is 23.2 Å². The Morgan fingerprint density at radius 3 is 2.71 bits per heavy atom. The topological polar surface area (TPSA) is 87.2 Å². The lowest BCUT2D eigenvalue weighted by Crippen LogP contribution is -1.97. The van der Waals surface area contributed by atoms with Gasteiger partial charge in [0.15, 0.2) is 0 Å². The minimum Gasteiger partial charge on any atom is -0.392 e. The summed E-state index contributed by atoms with van der Waals surface area (Å²) < 4.78 is 0.524. The van der Waals surface area contributed by atoms with Crippen LogP contribution < -0.4 is 0 Å². The molecule has 1 N–H and O–H groups in total. The van der Waals surface area contributed by atoms with Crippen molar-refractivity contribution in [3.05, 3.63) is 36.9 Å². The van der Waals surface area contributed by atoms with E-state index in [9.17, 15) is 10.1 Å². The molecular weight excluding hydrogens is 299 g/mol. The van der Waals surface area contributed by atoms with Crippen LogP contribution in [0.4, 0.5) is 5.69 Å². The van der Waals surface area contributed by atoms with Crippen molar-refractivity contribution in [2.45, 2.75) is 6.61 Å². The van der Waals surface area contributed by atoms with E-state index < -0.39 is 4.92 Å². The summed E-state index contributed by atoms with van der Waals surface area (Å²) in [4.78, 5) is 9.89. The number of aliphatic hydroxyl groups excluding tert-OH is 1. The molecule has 1 aromatic rings. The number of non-ortho nitro benzene ring substituents is 1. The smallest absolute Gasteiger partial charge is 0.271 e. The Balaban J connectivity index is 3.41. The van der Waals surface area contributed by atoms with Crippen molar-refractivity contribution in [1.29, 1.82) is 5.26 Å². The molecular formula is C8H5IN2O3. The molecule has 14 heavy (non-hydrogen) atoms. The van der Waals surface area contributed by atoms with E-state index >= 15 is 0 Å². The van der Waals surface area contributed by atoms with Crippen molar-refractivity contribution >= 4 is 28.3 Å². The lowest BCUT2D eigenvalue weighted by Gasteiger charge is -2.02. The molecule has 5 nitrogen and oxygen atoms in total. The number of nitriles is 1. The third-order valence-electron chi connectivity index (χ3n) is 1.67. The normalized spacial score (nSPS) is 9.50. The van der Waals surface area contributed by atoms with Crippen LogP contribution in [-0.2, 0) is 6.61 Å². The highest BCUT2D eigenvalue weighted by atomic mass is 127. The predicted octanol–water partition coefficient (Wildman–Crippen LogP) is 1.56. The average molecular weight is 304 g/mol. The highest BCUT2D eigenvalue weighted by Crippen LogP contribution is 2.23. The molecule has 1 rings (SSSR count). The SMILES string of the molecule is N#Cc1cc([N+](=O)[O-])cc(I)c1CO. The van der Waals surface area contributed by atoms with Gasteiger partial charge in [-0.05, 0) is 22.6 Å². The van der Waals surface area contributed by atoms with E-state index in [1.807, 2.05) is 28.7 Å². The summed E-state index contributed by atoms with van der Waals surface area (Å²) in [7, 11) is 0. The van der Waals surface area contributed by atoms with Crippen LogP contribution in [0.25, 0.3) is 0 Å². The molecule has 0 fully saturated rings. The second-order valence-electron chi connectivity index (χ2n) is 2.48. The number of aliphatic hydroxyl groups is 1. The first-order chi connectivity index (χ1) is 6.60. The van der Waals surface area contributed by atoms with Crippen LogP contribution in [0.5, 0.6) is 0 Å². The van der Waals surface area contributed by atoms with Gasteiger partial charge >= 0.3 is 0 Å². The largest absolute Gasteiger partial charge is 0.392 e. The zero-order chi connectivity index (χ0) is 10.7. The van der Waals surface area contributed by atoms with Gasteiger partial charge in [-0.3, -0.25) is 10.1 Å². The quantitative estimate of drug-likeness (QED) is 0.510. The predicted molar refractivity (Wildman–Crippen MR) is 56.5 cm³/mol. The standard InChI is InChI=1S/C8H5IN2O3/c9-8-2-6(11(13)14)1-5(3-10)7(8)4-12/h1-2,12H,4H2. The van der Waals surface area contributed by atoms with Crippen LogP contribution in [0, 0.1) is 25.0 Å². The van der Waals surface area contributed by atoms with Crippen molar-refractivity contribution in [1.82, 2.24) is 0 Å². The second-order valence-corrected chi connectivity index (χ2v) is 3.64. The summed E-state index contributed by atoms with van der Waals surface area (Å²) in [5.41, 5.74) is 0.438. The van der Waals surface area contributed by atoms with Gasteiger partial charge in [0.25, 0.3) is 5.69 Å². The van der Waals surface area contributed by atoms with Crippen LogP contribution in [0.1, 0.15) is 11.1 Å². The average Bonchev–Trinajstić information content (AvgIpc) is 2.16. The van der Waals surface area contributed by atoms with Gasteiger partial charge < -0.3 is 5.11 Å². The Morgan fingerprint density at radius 1 is 1.64 bits per heavy atom. The van der Waals surface area contributed by atoms with Gasteiger partial charge in [0, 0.05) is 21.3 Å². The van der Waals surface area contributed by atoms with Crippen molar-refractivity contribution in [2.24, 2.45) is 0 Å². The zero-order valence-corrected chi connectivity index (χ0v) is 9.06. The highest BCUT2D eigenvalue weighted by Gasteiger charge is 2.14. The number of benzene rings is 1. The third-order valence-corrected chi connectivity index (χ3v) is 2.63. The Labute approximate surface area is 93.3 Å². The molecule has 0 bridgehead atoms. The number of rotatable bonds is 2. The number of hydrogen-bond acceptors (Lipinski definition) is 4. The van der Waals surface area contributed by atoms with E-state index in [2.05, 4.69) is 0 Å². The zero-order valence-electron chi connectivity index (χ0n) is 6.90. The van der Waals surface area contributed by atoms with Crippen molar-refractivity contribution in [2.75, 3.05) is 0 Å². The molecule has 0 aliphatic rings. The second kappa shape index (κ2) is 4.34. The monoisotopic (exact) mass is 304 g/mol. The molecule has 72 valence electrons. The lowest BCUT2D eigenvalue weighted by molar-refractivity contribution is -0.385. The molecule has 0 atom stereocenters. The Bertz CT molecular complexity index is 425. The van der Waals surface area contributed by atoms with Gasteiger partial charge in [-0.2, -0.15) is 5.26 Å². The summed E-state index contributed by atoms with van der Waals surface area (Å²) >= 11 is 1.85. The summed E-state index contributed by atoms with van der Waals surface area (Å²) in [6.07, 6.45) is 0. The fourth-order valence-electron chi connectivity index (χ4n) is 0.988. The molecule has 0 saturated carbocycles. The van der Waals surface area contributed by atoms with E-state index in [0.717, 1.165) is 6.07 Å². The summed E-state index contributed by atoms with van der Waals surface area (Å²) in [6, 6.07) is 4.30. The first kappa shape index (κ1) is 10.9. The number of halogens is 1. The summed E-state index contributed by atoms with van der Waals surface area (Å²) in [6.45, 7) is -0.292. The highest BCUT2D eigenvalue weighted by molar-refractivity contribution is 14.1. The van der Waals surface area contributed by atoms with Gasteiger partial charge in [-0.15, -0.1) is 0 Å². The molecule has 0 unspecified atom stereocenters. The molecule has 0 aromatic heterocycles. The van der Waals surface area contributed by atoms with Gasteiger partial charge in [-0.1, -0.05) is 0 Å². The number of hydrogen-bond donors (Lipinski definition) is 1. The van der Waals surface area contributed by atoms with E-state index in [4.69, 9.17) is 10.4 Å². The molecule has 1 aromatic carbocycles. The van der Waals surface area contributed by atoms with Crippen LogP contribution in [-0.4, -0.2) is 10.0 Å². The summed E-state index contributed by atoms with van der Waals surface area (Å²) in [5, 5.41) is 28.1. The first-order valence-corrected chi connectivity index (χ1v) is 4.65. The Kier molecular flexibility index (Phi) is 3.38. The van der Waals surface area contributed by atoms with Crippen LogP contribution >= 0.6 is 22.6 Å². The number of nitro benzene ring substituents is 1. The van der Waals surface area contributed by atoms with Crippen LogP contribution in [0.15, 0.2) is 12.1 Å². The molecule has 0 amide bonds. The van der Waals surface area contributed by atoms with Crippen molar-refractivity contribution < 1.29 is 10.0 Å². The summed E-state index contributed by atoms with van der Waals surface area (Å²) in [5.74, 6) is 0. The maximum absolute atomic E-state index is 10.5. The molecule has 0 radical (unpaired) electrons. The van der Waals surface area contributed by atoms with Gasteiger partial charge in [-0.25, -0.2) is 0 Å². The fourth-order valence-corrected chi connectivity index (χ4v) is 1.77. The Hall–Kier alpha value is -1.20. The Morgan fingerprint density at radius 2 is 2.29 bits per heavy atom. The van der Waals surface area contributed by atoms with Crippen LogP contribution in [0.3, 0.4) is 0 Å². The molecule has 0 spiro atoms. The van der Waals surface area contributed by atoms with E-state index in [0.29, 0.717) is 9.13 Å². The maximum Gasteiger partial charge on any atom is 0.271 e. The molecule has 0 heterocycles. The molecule has 0 aliphatic carbocycles. The minimum atomic E-state index is -0.565. The van der Waals surface area contributed by atoms with Crippen molar-refractivity contribution in [3.63, 3.8) is 0 Å². The van der Waals surface area contributed by atoms with E-state index in [1.165, 1.54) is 6.07 Å². The fraction of sp³-hybridized carbons (Fsp3) is 0.125. The van der Waals surface area contributed by atoms with E-state index in [1.54, 1.807) is 0 Å². The van der Waals surface area contributed by atoms with Crippen LogP contribution in [0.2, 0.25) is 0 Å². The van der Waals surface area contributed by atoms with E-state index in [-0.39, 0.29) is 17.9 Å². The molecule has 0 aliphatic heterocycles. The maximum atomic E-state index is 10.5. The molecule has 6 heteroatoms. The molecule has 0 saturated heterocycles. The van der Waals surface area contributed by atoms with Gasteiger partial charge in [0.2, 0.25) is 0 Å².